The second-order valence-corrected chi connectivity index (χ2v) is 5.05. The Morgan fingerprint density at radius 2 is 1.87 bits per heavy atom. The van der Waals surface area contributed by atoms with Crippen LogP contribution in [0, 0.1) is 5.92 Å². The standard InChI is InChI=1S/C12H15Cl2N/c13-10-2-1-3-11(14)9(10)6-7-12(15)8-4-5-8/h1-3,8,12H,4-7,15H2. The first kappa shape index (κ1) is 11.3. The molecule has 82 valence electrons. The summed E-state index contributed by atoms with van der Waals surface area (Å²) in [4.78, 5) is 0. The highest BCUT2D eigenvalue weighted by Gasteiger charge is 2.28. The van der Waals surface area contributed by atoms with E-state index in [0.717, 1.165) is 34.4 Å². The summed E-state index contributed by atoms with van der Waals surface area (Å²) in [5, 5.41) is 1.51. The molecule has 1 aliphatic carbocycles. The maximum atomic E-state index is 6.08. The van der Waals surface area contributed by atoms with Crippen LogP contribution in [0.2, 0.25) is 10.0 Å². The van der Waals surface area contributed by atoms with Crippen molar-refractivity contribution in [3.05, 3.63) is 33.8 Å². The Labute approximate surface area is 101 Å². The van der Waals surface area contributed by atoms with Crippen molar-refractivity contribution in [1.82, 2.24) is 0 Å². The van der Waals surface area contributed by atoms with Gasteiger partial charge in [0.2, 0.25) is 0 Å². The summed E-state index contributed by atoms with van der Waals surface area (Å²) in [7, 11) is 0. The van der Waals surface area contributed by atoms with E-state index in [1.165, 1.54) is 12.8 Å². The minimum absolute atomic E-state index is 0.317. The van der Waals surface area contributed by atoms with Crippen molar-refractivity contribution < 1.29 is 0 Å². The van der Waals surface area contributed by atoms with E-state index in [1.807, 2.05) is 18.2 Å². The predicted molar refractivity (Wildman–Crippen MR) is 65.5 cm³/mol. The van der Waals surface area contributed by atoms with Crippen LogP contribution in [0.4, 0.5) is 0 Å². The van der Waals surface area contributed by atoms with Crippen LogP contribution < -0.4 is 5.73 Å². The molecule has 0 aliphatic heterocycles. The molecule has 1 unspecified atom stereocenters. The summed E-state index contributed by atoms with van der Waals surface area (Å²) in [5.41, 5.74) is 7.08. The third-order valence-electron chi connectivity index (χ3n) is 3.02. The number of halogens is 2. The quantitative estimate of drug-likeness (QED) is 0.859. The number of hydrogen-bond acceptors (Lipinski definition) is 1. The first-order valence-corrected chi connectivity index (χ1v) is 6.12. The van der Waals surface area contributed by atoms with Gasteiger partial charge in [0.15, 0.2) is 0 Å². The van der Waals surface area contributed by atoms with Crippen molar-refractivity contribution in [2.24, 2.45) is 11.7 Å². The fourth-order valence-corrected chi connectivity index (χ4v) is 2.43. The summed E-state index contributed by atoms with van der Waals surface area (Å²) in [6.45, 7) is 0. The average Bonchev–Trinajstić information content (AvgIpc) is 2.99. The van der Waals surface area contributed by atoms with E-state index in [4.69, 9.17) is 28.9 Å². The highest BCUT2D eigenvalue weighted by atomic mass is 35.5. The molecule has 0 bridgehead atoms. The van der Waals surface area contributed by atoms with Gasteiger partial charge in [-0.2, -0.15) is 0 Å². The topological polar surface area (TPSA) is 26.0 Å². The van der Waals surface area contributed by atoms with E-state index in [0.29, 0.717) is 6.04 Å². The second kappa shape index (κ2) is 4.73. The van der Waals surface area contributed by atoms with Crippen molar-refractivity contribution in [3.8, 4) is 0 Å². The Kier molecular flexibility index (Phi) is 3.55. The Hall–Kier alpha value is -0.240. The summed E-state index contributed by atoms with van der Waals surface area (Å²) >= 11 is 12.2. The zero-order valence-corrected chi connectivity index (χ0v) is 10.1. The SMILES string of the molecule is NC(CCc1c(Cl)cccc1Cl)C1CC1. The first-order valence-electron chi connectivity index (χ1n) is 5.37. The van der Waals surface area contributed by atoms with E-state index in [9.17, 15) is 0 Å². The third kappa shape index (κ3) is 2.87. The normalized spacial score (nSPS) is 17.8. The Balaban J connectivity index is 1.97. The van der Waals surface area contributed by atoms with E-state index < -0.39 is 0 Å². The Morgan fingerprint density at radius 1 is 1.27 bits per heavy atom. The smallest absolute Gasteiger partial charge is 0.0452 e. The number of benzene rings is 1. The van der Waals surface area contributed by atoms with Gasteiger partial charge < -0.3 is 5.73 Å². The van der Waals surface area contributed by atoms with Crippen molar-refractivity contribution in [2.45, 2.75) is 31.7 Å². The molecule has 1 atom stereocenters. The van der Waals surface area contributed by atoms with Gasteiger partial charge in [0.1, 0.15) is 0 Å². The lowest BCUT2D eigenvalue weighted by molar-refractivity contribution is 0.550. The van der Waals surface area contributed by atoms with Gasteiger partial charge in [-0.15, -0.1) is 0 Å². The maximum absolute atomic E-state index is 6.08. The summed E-state index contributed by atoms with van der Waals surface area (Å²) < 4.78 is 0. The molecule has 1 nitrogen and oxygen atoms in total. The molecule has 1 aromatic rings. The monoisotopic (exact) mass is 243 g/mol. The zero-order valence-electron chi connectivity index (χ0n) is 8.55. The van der Waals surface area contributed by atoms with Gasteiger partial charge in [0.25, 0.3) is 0 Å². The molecule has 0 amide bonds. The second-order valence-electron chi connectivity index (χ2n) is 4.24. The van der Waals surface area contributed by atoms with E-state index in [2.05, 4.69) is 0 Å². The fourth-order valence-electron chi connectivity index (χ4n) is 1.84. The number of nitrogens with two attached hydrogens (primary N) is 1. The molecule has 3 heteroatoms. The molecule has 1 fully saturated rings. The van der Waals surface area contributed by atoms with Gasteiger partial charge in [-0.1, -0.05) is 29.3 Å². The largest absolute Gasteiger partial charge is 0.327 e. The molecule has 1 aliphatic rings. The number of hydrogen-bond donors (Lipinski definition) is 1. The van der Waals surface area contributed by atoms with Gasteiger partial charge in [-0.25, -0.2) is 0 Å². The van der Waals surface area contributed by atoms with Crippen LogP contribution in [-0.2, 0) is 6.42 Å². The van der Waals surface area contributed by atoms with Crippen LogP contribution in [0.5, 0.6) is 0 Å². The molecule has 0 aromatic heterocycles. The third-order valence-corrected chi connectivity index (χ3v) is 3.73. The molecule has 0 radical (unpaired) electrons. The predicted octanol–water partition coefficient (Wildman–Crippen LogP) is 3.66. The molecule has 0 saturated heterocycles. The summed E-state index contributed by atoms with van der Waals surface area (Å²) in [5.74, 6) is 0.742. The zero-order chi connectivity index (χ0) is 10.8. The molecule has 2 rings (SSSR count). The summed E-state index contributed by atoms with van der Waals surface area (Å²) in [6, 6.07) is 5.95. The fraction of sp³-hybridized carbons (Fsp3) is 0.500. The van der Waals surface area contributed by atoms with Crippen LogP contribution in [0.15, 0.2) is 18.2 Å². The van der Waals surface area contributed by atoms with Crippen molar-refractivity contribution in [1.29, 1.82) is 0 Å². The molecule has 1 aromatic carbocycles. The highest BCUT2D eigenvalue weighted by molar-refractivity contribution is 6.35. The van der Waals surface area contributed by atoms with Gasteiger partial charge in [-0.3, -0.25) is 0 Å². The lowest BCUT2D eigenvalue weighted by Crippen LogP contribution is -2.22. The van der Waals surface area contributed by atoms with Crippen LogP contribution in [-0.4, -0.2) is 6.04 Å². The molecule has 1 saturated carbocycles. The van der Waals surface area contributed by atoms with Crippen LogP contribution in [0.25, 0.3) is 0 Å². The van der Waals surface area contributed by atoms with E-state index in [1.54, 1.807) is 0 Å². The lowest BCUT2D eigenvalue weighted by Gasteiger charge is -2.11. The molecule has 0 heterocycles. The minimum atomic E-state index is 0.317. The minimum Gasteiger partial charge on any atom is -0.327 e. The van der Waals surface area contributed by atoms with Crippen LogP contribution >= 0.6 is 23.2 Å². The van der Waals surface area contributed by atoms with E-state index in [-0.39, 0.29) is 0 Å². The van der Waals surface area contributed by atoms with Gasteiger partial charge in [0, 0.05) is 16.1 Å². The Bertz CT molecular complexity index is 327. The lowest BCUT2D eigenvalue weighted by atomic mass is 10.0. The van der Waals surface area contributed by atoms with Gasteiger partial charge in [-0.05, 0) is 49.3 Å². The van der Waals surface area contributed by atoms with Crippen LogP contribution in [0.3, 0.4) is 0 Å². The van der Waals surface area contributed by atoms with Gasteiger partial charge >= 0.3 is 0 Å². The highest BCUT2D eigenvalue weighted by Crippen LogP contribution is 2.34. The van der Waals surface area contributed by atoms with Gasteiger partial charge in [0.05, 0.1) is 0 Å². The van der Waals surface area contributed by atoms with Crippen molar-refractivity contribution in [2.75, 3.05) is 0 Å². The summed E-state index contributed by atoms with van der Waals surface area (Å²) in [6.07, 6.45) is 4.44. The maximum Gasteiger partial charge on any atom is 0.0452 e. The van der Waals surface area contributed by atoms with E-state index >= 15 is 0 Å². The first-order chi connectivity index (χ1) is 7.18. The molecule has 2 N–H and O–H groups in total. The number of rotatable bonds is 4. The molecular weight excluding hydrogens is 229 g/mol. The molecule has 15 heavy (non-hydrogen) atoms. The molecule has 0 spiro atoms. The average molecular weight is 244 g/mol. The Morgan fingerprint density at radius 3 is 2.40 bits per heavy atom. The van der Waals surface area contributed by atoms with Crippen molar-refractivity contribution >= 4 is 23.2 Å². The van der Waals surface area contributed by atoms with Crippen molar-refractivity contribution in [3.63, 3.8) is 0 Å². The van der Waals surface area contributed by atoms with Crippen LogP contribution in [0.1, 0.15) is 24.8 Å². The molecular formula is C12H15Cl2N.